The molecule has 1 heterocycles. The molecule has 1 atom stereocenters. The molecule has 1 aromatic carbocycles. The number of rotatable bonds is 3. The summed E-state index contributed by atoms with van der Waals surface area (Å²) in [5.74, 6) is 0.419. The van der Waals surface area contributed by atoms with Crippen molar-refractivity contribution in [2.45, 2.75) is 31.7 Å². The van der Waals surface area contributed by atoms with Crippen molar-refractivity contribution in [1.82, 2.24) is 4.31 Å². The number of carboxylic acid groups (broad SMARTS) is 1. The zero-order valence-corrected chi connectivity index (χ0v) is 13.9. The van der Waals surface area contributed by atoms with Crippen LogP contribution in [0.1, 0.15) is 28.4 Å². The highest BCUT2D eigenvalue weighted by atomic mass is 32.2. The van der Waals surface area contributed by atoms with E-state index in [4.69, 9.17) is 0 Å². The molecule has 1 aliphatic heterocycles. The zero-order valence-electron chi connectivity index (χ0n) is 12.3. The highest BCUT2D eigenvalue weighted by molar-refractivity contribution is 7.99. The van der Waals surface area contributed by atoms with E-state index in [1.807, 2.05) is 6.92 Å². The van der Waals surface area contributed by atoms with Gasteiger partial charge in [-0.2, -0.15) is 16.1 Å². The molecule has 1 saturated heterocycles. The van der Waals surface area contributed by atoms with Crippen molar-refractivity contribution in [2.24, 2.45) is 0 Å². The number of benzene rings is 1. The van der Waals surface area contributed by atoms with Gasteiger partial charge in [-0.3, -0.25) is 0 Å². The van der Waals surface area contributed by atoms with E-state index in [-0.39, 0.29) is 16.5 Å². The van der Waals surface area contributed by atoms with E-state index in [1.165, 1.54) is 10.4 Å². The molecular formula is C14H19NO4S2. The van der Waals surface area contributed by atoms with Gasteiger partial charge in [0.1, 0.15) is 0 Å². The molecule has 5 nitrogen and oxygen atoms in total. The standard InChI is InChI=1S/C14H19NO4S2/c1-9-6-10(2)13(7-12(9)14(16)17)21(18,19)15-4-5-20-8-11(15)3/h6-7,11H,4-5,8H2,1-3H3,(H,16,17). The average molecular weight is 329 g/mol. The van der Waals surface area contributed by atoms with Crippen molar-refractivity contribution in [3.05, 3.63) is 28.8 Å². The summed E-state index contributed by atoms with van der Waals surface area (Å²) in [7, 11) is -3.66. The van der Waals surface area contributed by atoms with Crippen LogP contribution in [0.15, 0.2) is 17.0 Å². The first-order valence-corrected chi connectivity index (χ1v) is 9.28. The van der Waals surface area contributed by atoms with Gasteiger partial charge < -0.3 is 5.11 Å². The Kier molecular flexibility index (Phi) is 4.65. The third-order valence-electron chi connectivity index (χ3n) is 3.65. The second kappa shape index (κ2) is 5.98. The van der Waals surface area contributed by atoms with Gasteiger partial charge in [-0.05, 0) is 38.0 Å². The largest absolute Gasteiger partial charge is 0.478 e. The van der Waals surface area contributed by atoms with Crippen LogP contribution in [0.5, 0.6) is 0 Å². The van der Waals surface area contributed by atoms with Crippen LogP contribution in [0, 0.1) is 13.8 Å². The zero-order chi connectivity index (χ0) is 15.8. The lowest BCUT2D eigenvalue weighted by Crippen LogP contribution is -2.44. The van der Waals surface area contributed by atoms with Crippen LogP contribution in [0.4, 0.5) is 0 Å². The Balaban J connectivity index is 2.54. The van der Waals surface area contributed by atoms with Gasteiger partial charge in [0.25, 0.3) is 0 Å². The van der Waals surface area contributed by atoms with Crippen molar-refractivity contribution in [3.63, 3.8) is 0 Å². The van der Waals surface area contributed by atoms with E-state index >= 15 is 0 Å². The normalized spacial score (nSPS) is 20.4. The Morgan fingerprint density at radius 2 is 2.00 bits per heavy atom. The number of aryl methyl sites for hydroxylation is 2. The average Bonchev–Trinajstić information content (AvgIpc) is 2.38. The molecule has 1 fully saturated rings. The summed E-state index contributed by atoms with van der Waals surface area (Å²) in [6.45, 7) is 5.72. The number of thioether (sulfide) groups is 1. The van der Waals surface area contributed by atoms with E-state index in [9.17, 15) is 18.3 Å². The van der Waals surface area contributed by atoms with Crippen LogP contribution < -0.4 is 0 Å². The first-order chi connectivity index (χ1) is 9.75. The van der Waals surface area contributed by atoms with Crippen molar-refractivity contribution in [3.8, 4) is 0 Å². The Morgan fingerprint density at radius 3 is 2.57 bits per heavy atom. The highest BCUT2D eigenvalue weighted by Gasteiger charge is 2.33. The Bertz CT molecular complexity index is 670. The van der Waals surface area contributed by atoms with Crippen molar-refractivity contribution in [1.29, 1.82) is 0 Å². The molecule has 2 rings (SSSR count). The quantitative estimate of drug-likeness (QED) is 0.919. The van der Waals surface area contributed by atoms with Crippen LogP contribution in [0.2, 0.25) is 0 Å². The lowest BCUT2D eigenvalue weighted by molar-refractivity contribution is 0.0696. The molecule has 0 radical (unpaired) electrons. The minimum Gasteiger partial charge on any atom is -0.478 e. The number of hydrogen-bond donors (Lipinski definition) is 1. The fourth-order valence-corrected chi connectivity index (χ4v) is 5.62. The molecule has 1 N–H and O–H groups in total. The molecule has 0 aromatic heterocycles. The molecule has 21 heavy (non-hydrogen) atoms. The predicted octanol–water partition coefficient (Wildman–Crippen LogP) is 2.13. The van der Waals surface area contributed by atoms with Gasteiger partial charge >= 0.3 is 5.97 Å². The van der Waals surface area contributed by atoms with Gasteiger partial charge in [0.2, 0.25) is 10.0 Å². The number of aromatic carboxylic acids is 1. The Morgan fingerprint density at radius 1 is 1.33 bits per heavy atom. The van der Waals surface area contributed by atoms with E-state index in [1.54, 1.807) is 31.7 Å². The summed E-state index contributed by atoms with van der Waals surface area (Å²) in [4.78, 5) is 11.3. The van der Waals surface area contributed by atoms with E-state index in [0.29, 0.717) is 17.7 Å². The molecule has 7 heteroatoms. The fourth-order valence-electron chi connectivity index (χ4n) is 2.54. The second-order valence-corrected chi connectivity index (χ2v) is 8.29. The summed E-state index contributed by atoms with van der Waals surface area (Å²) >= 11 is 1.73. The molecule has 1 aliphatic rings. The maximum absolute atomic E-state index is 12.8. The van der Waals surface area contributed by atoms with Crippen molar-refractivity contribution in [2.75, 3.05) is 18.1 Å². The van der Waals surface area contributed by atoms with Crippen LogP contribution in [0.3, 0.4) is 0 Å². The SMILES string of the molecule is Cc1cc(C)c(S(=O)(=O)N2CCSCC2C)cc1C(=O)O. The molecule has 0 saturated carbocycles. The summed E-state index contributed by atoms with van der Waals surface area (Å²) in [5, 5.41) is 9.20. The van der Waals surface area contributed by atoms with E-state index in [2.05, 4.69) is 0 Å². The summed E-state index contributed by atoms with van der Waals surface area (Å²) in [6.07, 6.45) is 0. The molecule has 1 unspecified atom stereocenters. The molecule has 0 aliphatic carbocycles. The van der Waals surface area contributed by atoms with Gasteiger partial charge in [0.15, 0.2) is 0 Å². The highest BCUT2D eigenvalue weighted by Crippen LogP contribution is 2.28. The number of carboxylic acids is 1. The number of hydrogen-bond acceptors (Lipinski definition) is 4. The molecule has 116 valence electrons. The third-order valence-corrected chi connectivity index (χ3v) is 6.99. The first kappa shape index (κ1) is 16.3. The molecule has 0 bridgehead atoms. The van der Waals surface area contributed by atoms with Crippen LogP contribution in [-0.2, 0) is 10.0 Å². The Labute approximate surface area is 129 Å². The number of nitrogens with zero attached hydrogens (tertiary/aromatic N) is 1. The first-order valence-electron chi connectivity index (χ1n) is 6.69. The summed E-state index contributed by atoms with van der Waals surface area (Å²) < 4.78 is 27.1. The van der Waals surface area contributed by atoms with Crippen LogP contribution >= 0.6 is 11.8 Å². The fraction of sp³-hybridized carbons (Fsp3) is 0.500. The minimum absolute atomic E-state index is 0.0400. The van der Waals surface area contributed by atoms with Gasteiger partial charge in [-0.15, -0.1) is 0 Å². The summed E-state index contributed by atoms with van der Waals surface area (Å²) in [6, 6.07) is 2.83. The second-order valence-electron chi connectivity index (χ2n) is 5.28. The monoisotopic (exact) mass is 329 g/mol. The van der Waals surface area contributed by atoms with E-state index in [0.717, 1.165) is 11.5 Å². The summed E-state index contributed by atoms with van der Waals surface area (Å²) in [5.41, 5.74) is 1.20. The molecule has 0 spiro atoms. The van der Waals surface area contributed by atoms with Crippen molar-refractivity contribution < 1.29 is 18.3 Å². The maximum atomic E-state index is 12.8. The topological polar surface area (TPSA) is 74.7 Å². The Hall–Kier alpha value is -1.05. The van der Waals surface area contributed by atoms with Crippen molar-refractivity contribution >= 4 is 27.8 Å². The minimum atomic E-state index is -3.66. The maximum Gasteiger partial charge on any atom is 0.335 e. The van der Waals surface area contributed by atoms with E-state index < -0.39 is 16.0 Å². The predicted molar refractivity (Wildman–Crippen MR) is 83.6 cm³/mol. The van der Waals surface area contributed by atoms with Gasteiger partial charge in [-0.1, -0.05) is 6.07 Å². The molecular weight excluding hydrogens is 310 g/mol. The van der Waals surface area contributed by atoms with Gasteiger partial charge in [0.05, 0.1) is 10.5 Å². The van der Waals surface area contributed by atoms with Gasteiger partial charge in [-0.25, -0.2) is 13.2 Å². The lowest BCUT2D eigenvalue weighted by atomic mass is 10.1. The number of sulfonamides is 1. The molecule has 0 amide bonds. The molecule has 1 aromatic rings. The number of carbonyl (C=O) groups is 1. The third kappa shape index (κ3) is 3.09. The lowest BCUT2D eigenvalue weighted by Gasteiger charge is -2.32. The van der Waals surface area contributed by atoms with Crippen LogP contribution in [0.25, 0.3) is 0 Å². The van der Waals surface area contributed by atoms with Crippen LogP contribution in [-0.4, -0.2) is 47.9 Å². The smallest absolute Gasteiger partial charge is 0.335 e. The van der Waals surface area contributed by atoms with Gasteiger partial charge in [0, 0.05) is 24.1 Å².